The smallest absolute Gasteiger partial charge is 0.319 e. The van der Waals surface area contributed by atoms with Crippen LogP contribution in [0.2, 0.25) is 0 Å². The van der Waals surface area contributed by atoms with E-state index in [0.717, 1.165) is 10.0 Å². The predicted molar refractivity (Wildman–Crippen MR) is 91.3 cm³/mol. The van der Waals surface area contributed by atoms with E-state index in [1.165, 1.54) is 0 Å². The molecule has 22 heavy (non-hydrogen) atoms. The number of hydrogen-bond acceptors (Lipinski definition) is 2. The van der Waals surface area contributed by atoms with Crippen molar-refractivity contribution in [2.45, 2.75) is 13.3 Å². The van der Waals surface area contributed by atoms with Crippen molar-refractivity contribution in [1.82, 2.24) is 5.32 Å². The van der Waals surface area contributed by atoms with Gasteiger partial charge in [0.2, 0.25) is 0 Å². The lowest BCUT2D eigenvalue weighted by atomic mass is 10.1. The highest BCUT2D eigenvalue weighted by Crippen LogP contribution is 2.15. The Kier molecular flexibility index (Phi) is 5.72. The number of halogens is 1. The molecule has 0 unspecified atom stereocenters. The van der Waals surface area contributed by atoms with Gasteiger partial charge in [-0.1, -0.05) is 51.8 Å². The molecule has 0 aliphatic heterocycles. The summed E-state index contributed by atoms with van der Waals surface area (Å²) >= 11 is 3.34. The average Bonchev–Trinajstić information content (AvgIpc) is 2.47. The third-order valence-electron chi connectivity index (χ3n) is 3.09. The standard InChI is InChI=1S/C17H17BrN2O2/c1-12-5-7-13(8-6-12)16(21)9-10-19-17(22)20-15-4-2-3-14(18)11-15/h2-8,11H,9-10H2,1H3,(H2,19,20,22). The fourth-order valence-corrected chi connectivity index (χ4v) is 2.31. The van der Waals surface area contributed by atoms with Crippen LogP contribution in [0.25, 0.3) is 0 Å². The first-order valence-corrected chi connectivity index (χ1v) is 7.74. The van der Waals surface area contributed by atoms with Gasteiger partial charge in [-0.2, -0.15) is 0 Å². The van der Waals surface area contributed by atoms with Crippen LogP contribution < -0.4 is 10.6 Å². The number of hydrogen-bond donors (Lipinski definition) is 2. The van der Waals surface area contributed by atoms with Crippen molar-refractivity contribution >= 4 is 33.4 Å². The predicted octanol–water partition coefficient (Wildman–Crippen LogP) is 4.15. The van der Waals surface area contributed by atoms with Gasteiger partial charge in [-0.05, 0) is 25.1 Å². The first-order chi connectivity index (χ1) is 10.5. The molecule has 0 spiro atoms. The summed E-state index contributed by atoms with van der Waals surface area (Å²) in [7, 11) is 0. The summed E-state index contributed by atoms with van der Waals surface area (Å²) in [5, 5.41) is 5.39. The molecule has 5 heteroatoms. The SMILES string of the molecule is Cc1ccc(C(=O)CCNC(=O)Nc2cccc(Br)c2)cc1. The molecule has 0 aliphatic rings. The van der Waals surface area contributed by atoms with E-state index >= 15 is 0 Å². The minimum Gasteiger partial charge on any atom is -0.337 e. The quantitative estimate of drug-likeness (QED) is 0.786. The lowest BCUT2D eigenvalue weighted by molar-refractivity contribution is 0.0984. The number of amides is 2. The highest BCUT2D eigenvalue weighted by molar-refractivity contribution is 9.10. The fraction of sp³-hybridized carbons (Fsp3) is 0.176. The van der Waals surface area contributed by atoms with Crippen LogP contribution >= 0.6 is 15.9 Å². The first-order valence-electron chi connectivity index (χ1n) is 6.95. The van der Waals surface area contributed by atoms with Gasteiger partial charge in [0, 0.05) is 28.7 Å². The largest absolute Gasteiger partial charge is 0.337 e. The van der Waals surface area contributed by atoms with E-state index in [2.05, 4.69) is 26.6 Å². The van der Waals surface area contributed by atoms with Crippen molar-refractivity contribution in [3.63, 3.8) is 0 Å². The zero-order valence-corrected chi connectivity index (χ0v) is 13.8. The number of benzene rings is 2. The second kappa shape index (κ2) is 7.75. The highest BCUT2D eigenvalue weighted by Gasteiger charge is 2.07. The van der Waals surface area contributed by atoms with Gasteiger partial charge >= 0.3 is 6.03 Å². The molecule has 0 heterocycles. The summed E-state index contributed by atoms with van der Waals surface area (Å²) in [6, 6.07) is 14.4. The first kappa shape index (κ1) is 16.2. The van der Waals surface area contributed by atoms with E-state index < -0.39 is 0 Å². The number of anilines is 1. The second-order valence-electron chi connectivity index (χ2n) is 4.93. The van der Waals surface area contributed by atoms with Crippen molar-refractivity contribution in [3.8, 4) is 0 Å². The second-order valence-corrected chi connectivity index (χ2v) is 5.85. The topological polar surface area (TPSA) is 58.2 Å². The van der Waals surface area contributed by atoms with Crippen LogP contribution in [-0.2, 0) is 0 Å². The van der Waals surface area contributed by atoms with Crippen LogP contribution in [0.4, 0.5) is 10.5 Å². The fourth-order valence-electron chi connectivity index (χ4n) is 1.91. The zero-order chi connectivity index (χ0) is 15.9. The van der Waals surface area contributed by atoms with Crippen LogP contribution in [0.15, 0.2) is 53.0 Å². The summed E-state index contributed by atoms with van der Waals surface area (Å²) in [5.74, 6) is 0.0164. The maximum absolute atomic E-state index is 12.0. The van der Waals surface area contributed by atoms with Crippen LogP contribution in [0, 0.1) is 6.92 Å². The van der Waals surface area contributed by atoms with E-state index in [1.54, 1.807) is 24.3 Å². The van der Waals surface area contributed by atoms with Gasteiger partial charge in [0.05, 0.1) is 0 Å². The molecule has 0 atom stereocenters. The van der Waals surface area contributed by atoms with Gasteiger partial charge in [0.15, 0.2) is 5.78 Å². The molecule has 114 valence electrons. The van der Waals surface area contributed by atoms with Crippen LogP contribution in [0.3, 0.4) is 0 Å². The molecule has 2 amide bonds. The number of aryl methyl sites for hydroxylation is 1. The van der Waals surface area contributed by atoms with Crippen molar-refractivity contribution in [3.05, 3.63) is 64.1 Å². The Morgan fingerprint density at radius 3 is 2.50 bits per heavy atom. The van der Waals surface area contributed by atoms with Gasteiger partial charge in [-0.15, -0.1) is 0 Å². The molecule has 0 radical (unpaired) electrons. The Hall–Kier alpha value is -2.14. The molecule has 0 saturated carbocycles. The van der Waals surface area contributed by atoms with Gasteiger partial charge in [0.25, 0.3) is 0 Å². The molecule has 0 aliphatic carbocycles. The molecular formula is C17H17BrN2O2. The van der Waals surface area contributed by atoms with E-state index in [1.807, 2.05) is 31.2 Å². The van der Waals surface area contributed by atoms with E-state index in [4.69, 9.17) is 0 Å². The van der Waals surface area contributed by atoms with Crippen molar-refractivity contribution in [2.75, 3.05) is 11.9 Å². The molecule has 4 nitrogen and oxygen atoms in total. The Balaban J connectivity index is 1.77. The van der Waals surface area contributed by atoms with Gasteiger partial charge < -0.3 is 10.6 Å². The minimum absolute atomic E-state index is 0.0164. The van der Waals surface area contributed by atoms with Gasteiger partial charge in [-0.25, -0.2) is 4.79 Å². The summed E-state index contributed by atoms with van der Waals surface area (Å²) in [5.41, 5.74) is 2.47. The van der Waals surface area contributed by atoms with Crippen LogP contribution in [0.1, 0.15) is 22.3 Å². The number of rotatable bonds is 5. The van der Waals surface area contributed by atoms with Crippen molar-refractivity contribution in [1.29, 1.82) is 0 Å². The Labute approximate surface area is 138 Å². The van der Waals surface area contributed by atoms with Crippen LogP contribution in [-0.4, -0.2) is 18.4 Å². The summed E-state index contributed by atoms with van der Waals surface area (Å²) in [6.07, 6.45) is 0.273. The molecule has 2 aromatic carbocycles. The van der Waals surface area contributed by atoms with Gasteiger partial charge in [0.1, 0.15) is 0 Å². The lowest BCUT2D eigenvalue weighted by Gasteiger charge is -2.07. The number of Topliss-reactive ketones (excluding diaryl/α,β-unsaturated/α-hetero) is 1. The number of carbonyl (C=O) groups is 2. The number of ketones is 1. The minimum atomic E-state index is -0.324. The molecule has 0 saturated heterocycles. The Morgan fingerprint density at radius 2 is 1.82 bits per heavy atom. The molecule has 0 bridgehead atoms. The maximum Gasteiger partial charge on any atom is 0.319 e. The normalized spacial score (nSPS) is 10.1. The summed E-state index contributed by atoms with van der Waals surface area (Å²) in [4.78, 5) is 23.7. The molecule has 2 rings (SSSR count). The highest BCUT2D eigenvalue weighted by atomic mass is 79.9. The van der Waals surface area contributed by atoms with E-state index in [-0.39, 0.29) is 18.2 Å². The number of nitrogens with one attached hydrogen (secondary N) is 2. The monoisotopic (exact) mass is 360 g/mol. The third-order valence-corrected chi connectivity index (χ3v) is 3.59. The van der Waals surface area contributed by atoms with Gasteiger partial charge in [-0.3, -0.25) is 4.79 Å². The number of urea groups is 1. The molecule has 0 fully saturated rings. The lowest BCUT2D eigenvalue weighted by Crippen LogP contribution is -2.30. The Bertz CT molecular complexity index is 669. The van der Waals surface area contributed by atoms with Crippen molar-refractivity contribution in [2.24, 2.45) is 0 Å². The third kappa shape index (κ3) is 5.00. The summed E-state index contributed by atoms with van der Waals surface area (Å²) in [6.45, 7) is 2.27. The van der Waals surface area contributed by atoms with E-state index in [0.29, 0.717) is 17.8 Å². The average molecular weight is 361 g/mol. The molecular weight excluding hydrogens is 344 g/mol. The number of carbonyl (C=O) groups excluding carboxylic acids is 2. The Morgan fingerprint density at radius 1 is 1.09 bits per heavy atom. The summed E-state index contributed by atoms with van der Waals surface area (Å²) < 4.78 is 0.889. The van der Waals surface area contributed by atoms with E-state index in [9.17, 15) is 9.59 Å². The molecule has 2 N–H and O–H groups in total. The molecule has 0 aromatic heterocycles. The maximum atomic E-state index is 12.0. The molecule has 2 aromatic rings. The zero-order valence-electron chi connectivity index (χ0n) is 12.2. The van der Waals surface area contributed by atoms with Crippen molar-refractivity contribution < 1.29 is 9.59 Å². The van der Waals surface area contributed by atoms with Crippen LogP contribution in [0.5, 0.6) is 0 Å².